The molecule has 0 heterocycles. The highest BCUT2D eigenvalue weighted by Crippen LogP contribution is 2.61. The summed E-state index contributed by atoms with van der Waals surface area (Å²) in [6.07, 6.45) is 6.56. The van der Waals surface area contributed by atoms with Crippen LogP contribution in [-0.2, 0) is 22.4 Å². The Morgan fingerprint density at radius 2 is 1.83 bits per heavy atom. The molecule has 122 valence electrons. The molecule has 3 aliphatic carbocycles. The average molecular weight is 318 g/mol. The van der Waals surface area contributed by atoms with Crippen LogP contribution in [0.4, 0.5) is 0 Å². The molecule has 0 aliphatic heterocycles. The summed E-state index contributed by atoms with van der Waals surface area (Å²) < 4.78 is 5.08. The maximum Gasteiger partial charge on any atom is 0.309 e. The fourth-order valence-electron chi connectivity index (χ4n) is 4.11. The van der Waals surface area contributed by atoms with Gasteiger partial charge in [0.05, 0.1) is 12.5 Å². The van der Waals surface area contributed by atoms with Gasteiger partial charge in [-0.1, -0.05) is 60.7 Å². The van der Waals surface area contributed by atoms with Gasteiger partial charge in [-0.2, -0.15) is 0 Å². The number of hydrogen-bond donors (Lipinski definition) is 0. The van der Waals surface area contributed by atoms with Gasteiger partial charge in [-0.25, -0.2) is 0 Å². The molecule has 24 heavy (non-hydrogen) atoms. The highest BCUT2D eigenvalue weighted by molar-refractivity contribution is 5.79. The lowest BCUT2D eigenvalue weighted by Crippen LogP contribution is -2.10. The van der Waals surface area contributed by atoms with Crippen LogP contribution in [0.3, 0.4) is 0 Å². The van der Waals surface area contributed by atoms with E-state index in [-0.39, 0.29) is 11.9 Å². The van der Waals surface area contributed by atoms with Crippen LogP contribution in [0.5, 0.6) is 0 Å². The lowest BCUT2D eigenvalue weighted by Gasteiger charge is -2.06. The number of rotatable bonds is 2. The molecular weight excluding hydrogens is 296 g/mol. The van der Waals surface area contributed by atoms with Gasteiger partial charge in [-0.15, -0.1) is 0 Å². The van der Waals surface area contributed by atoms with Gasteiger partial charge < -0.3 is 4.74 Å². The number of carbonyl (C=O) groups is 1. The van der Waals surface area contributed by atoms with E-state index in [0.717, 1.165) is 12.8 Å². The van der Waals surface area contributed by atoms with E-state index < -0.39 is 0 Å². The van der Waals surface area contributed by atoms with Crippen molar-refractivity contribution < 1.29 is 9.53 Å². The molecule has 0 N–H and O–H groups in total. The fourth-order valence-corrected chi connectivity index (χ4v) is 4.11. The summed E-state index contributed by atoms with van der Waals surface area (Å²) in [6, 6.07) is 16.9. The highest BCUT2D eigenvalue weighted by Gasteiger charge is 2.59. The van der Waals surface area contributed by atoms with E-state index in [1.165, 1.54) is 22.3 Å². The molecule has 0 spiro atoms. The third-order valence-electron chi connectivity index (χ3n) is 5.29. The van der Waals surface area contributed by atoms with Gasteiger partial charge in [0.15, 0.2) is 0 Å². The largest absolute Gasteiger partial charge is 0.466 e. The van der Waals surface area contributed by atoms with Crippen molar-refractivity contribution in [2.24, 2.45) is 11.8 Å². The summed E-state index contributed by atoms with van der Waals surface area (Å²) in [7, 11) is 0. The van der Waals surface area contributed by atoms with Crippen LogP contribution in [0.15, 0.2) is 54.6 Å². The molecule has 0 radical (unpaired) electrons. The molecule has 0 bridgehead atoms. The predicted molar refractivity (Wildman–Crippen MR) is 95.7 cm³/mol. The first-order chi connectivity index (χ1) is 11.8. The topological polar surface area (TPSA) is 26.3 Å². The van der Waals surface area contributed by atoms with Gasteiger partial charge in [-0.05, 0) is 47.9 Å². The second-order valence-electron chi connectivity index (χ2n) is 6.68. The number of benzene rings is 2. The molecule has 2 aromatic carbocycles. The van der Waals surface area contributed by atoms with Crippen LogP contribution >= 0.6 is 0 Å². The van der Waals surface area contributed by atoms with E-state index in [4.69, 9.17) is 4.74 Å². The van der Waals surface area contributed by atoms with Crippen LogP contribution < -0.4 is 0 Å². The predicted octanol–water partition coefficient (Wildman–Crippen LogP) is 4.39. The fraction of sp³-hybridized carbons (Fsp3) is 0.318. The molecule has 2 nitrogen and oxygen atoms in total. The maximum atomic E-state index is 11.6. The SMILES string of the molecule is C1=Cc2ccccc2C1.CCOC(=O)C1C2Cc3ccccc3C21. The Kier molecular flexibility index (Phi) is 3.97. The maximum absolute atomic E-state index is 11.6. The molecule has 2 heteroatoms. The summed E-state index contributed by atoms with van der Waals surface area (Å²) in [6.45, 7) is 2.36. The Balaban J connectivity index is 0.000000138. The van der Waals surface area contributed by atoms with Gasteiger partial charge in [0, 0.05) is 5.92 Å². The Labute approximate surface area is 143 Å². The van der Waals surface area contributed by atoms with Crippen molar-refractivity contribution in [2.45, 2.75) is 25.7 Å². The molecule has 0 amide bonds. The van der Waals surface area contributed by atoms with Gasteiger partial charge in [-0.3, -0.25) is 4.79 Å². The molecule has 0 aromatic heterocycles. The molecule has 3 atom stereocenters. The number of hydrogen-bond acceptors (Lipinski definition) is 2. The molecule has 2 aromatic rings. The molecule has 1 fully saturated rings. The summed E-state index contributed by atoms with van der Waals surface area (Å²) in [4.78, 5) is 11.6. The Hall–Kier alpha value is -2.35. The van der Waals surface area contributed by atoms with Crippen LogP contribution in [0.25, 0.3) is 6.08 Å². The first-order valence-corrected chi connectivity index (χ1v) is 8.78. The van der Waals surface area contributed by atoms with Crippen molar-refractivity contribution in [3.63, 3.8) is 0 Å². The van der Waals surface area contributed by atoms with Crippen molar-refractivity contribution >= 4 is 12.0 Å². The monoisotopic (exact) mass is 318 g/mol. The zero-order chi connectivity index (χ0) is 16.5. The zero-order valence-corrected chi connectivity index (χ0v) is 13.9. The van der Waals surface area contributed by atoms with Crippen molar-refractivity contribution in [3.05, 3.63) is 76.9 Å². The Bertz CT molecular complexity index is 790. The van der Waals surface area contributed by atoms with Gasteiger partial charge in [0.2, 0.25) is 0 Å². The first-order valence-electron chi connectivity index (χ1n) is 8.78. The number of allylic oxidation sites excluding steroid dienone is 1. The van der Waals surface area contributed by atoms with Crippen molar-refractivity contribution in [1.29, 1.82) is 0 Å². The van der Waals surface area contributed by atoms with Crippen LogP contribution in [0.1, 0.15) is 35.1 Å². The van der Waals surface area contributed by atoms with Gasteiger partial charge >= 0.3 is 5.97 Å². The Morgan fingerprint density at radius 3 is 2.62 bits per heavy atom. The van der Waals surface area contributed by atoms with Crippen LogP contribution in [-0.4, -0.2) is 12.6 Å². The van der Waals surface area contributed by atoms with E-state index in [2.05, 4.69) is 60.7 Å². The zero-order valence-electron chi connectivity index (χ0n) is 13.9. The van der Waals surface area contributed by atoms with Crippen LogP contribution in [0, 0.1) is 11.8 Å². The number of esters is 1. The quantitative estimate of drug-likeness (QED) is 0.768. The molecular formula is C22H22O2. The van der Waals surface area contributed by atoms with Crippen molar-refractivity contribution in [1.82, 2.24) is 0 Å². The number of ether oxygens (including phenoxy) is 1. The van der Waals surface area contributed by atoms with Gasteiger partial charge in [0.1, 0.15) is 0 Å². The van der Waals surface area contributed by atoms with Crippen LogP contribution in [0.2, 0.25) is 0 Å². The van der Waals surface area contributed by atoms with Crippen molar-refractivity contribution in [3.8, 4) is 0 Å². The smallest absolute Gasteiger partial charge is 0.309 e. The van der Waals surface area contributed by atoms with E-state index in [9.17, 15) is 4.79 Å². The molecule has 0 saturated heterocycles. The average Bonchev–Trinajstić information content (AvgIpc) is 2.97. The van der Waals surface area contributed by atoms with Crippen molar-refractivity contribution in [2.75, 3.05) is 6.61 Å². The number of carbonyl (C=O) groups excluding carboxylic acids is 1. The third kappa shape index (κ3) is 2.66. The second-order valence-corrected chi connectivity index (χ2v) is 6.68. The molecule has 1 saturated carbocycles. The summed E-state index contributed by atoms with van der Waals surface area (Å²) >= 11 is 0. The summed E-state index contributed by atoms with van der Waals surface area (Å²) in [5.41, 5.74) is 5.64. The highest BCUT2D eigenvalue weighted by atomic mass is 16.5. The second kappa shape index (κ2) is 6.27. The molecule has 3 aliphatic rings. The standard InChI is InChI=1S/C13H14O2.C9H8/c1-2-15-13(14)12-10-7-8-5-3-4-6-9(8)11(10)12;1-2-5-9-7-3-6-8(9)4-1/h3-6,10-12H,2,7H2,1H3;1-6H,7H2. The van der Waals surface area contributed by atoms with E-state index >= 15 is 0 Å². The lowest BCUT2D eigenvalue weighted by atomic mass is 10.0. The normalized spacial score (nSPS) is 24.3. The minimum absolute atomic E-state index is 0.00185. The van der Waals surface area contributed by atoms with E-state index in [1.54, 1.807) is 0 Å². The third-order valence-corrected chi connectivity index (χ3v) is 5.29. The Morgan fingerprint density at radius 1 is 1.08 bits per heavy atom. The minimum atomic E-state index is 0.00185. The van der Waals surface area contributed by atoms with E-state index in [0.29, 0.717) is 18.4 Å². The molecule has 5 rings (SSSR count). The minimum Gasteiger partial charge on any atom is -0.466 e. The van der Waals surface area contributed by atoms with Gasteiger partial charge in [0.25, 0.3) is 0 Å². The summed E-state index contributed by atoms with van der Waals surface area (Å²) in [5, 5.41) is 0. The molecule has 3 unspecified atom stereocenters. The lowest BCUT2D eigenvalue weighted by molar-refractivity contribution is -0.145. The summed E-state index contributed by atoms with van der Waals surface area (Å²) in [5.74, 6) is 1.14. The van der Waals surface area contributed by atoms with E-state index in [1.807, 2.05) is 6.92 Å². The number of fused-ring (bicyclic) bond motifs is 4. The first kappa shape index (κ1) is 15.2.